The van der Waals surface area contributed by atoms with Gasteiger partial charge in [0.2, 0.25) is 5.91 Å². The van der Waals surface area contributed by atoms with Crippen LogP contribution in [0.5, 0.6) is 0 Å². The zero-order chi connectivity index (χ0) is 14.8. The van der Waals surface area contributed by atoms with Crippen molar-refractivity contribution in [3.63, 3.8) is 0 Å². The molecular formula is C16H22BrN3O. The Morgan fingerprint density at radius 1 is 1.38 bits per heavy atom. The third-order valence-electron chi connectivity index (χ3n) is 4.46. The van der Waals surface area contributed by atoms with Crippen LogP contribution in [0.25, 0.3) is 0 Å². The normalized spacial score (nSPS) is 21.8. The Bertz CT molecular complexity index is 534. The standard InChI is InChI=1S/C16H22BrN3O/c1-2-18-10-12-3-4-13(9-15(12)17)19-7-8-20-14(11-19)5-6-16(20)21/h3-4,9,14,18H,2,5-8,10-11H2,1H3. The van der Waals surface area contributed by atoms with Crippen molar-refractivity contribution in [1.29, 1.82) is 0 Å². The van der Waals surface area contributed by atoms with Gasteiger partial charge in [0.25, 0.3) is 0 Å². The molecule has 2 aliphatic heterocycles. The Balaban J connectivity index is 1.70. The van der Waals surface area contributed by atoms with E-state index in [1.54, 1.807) is 0 Å². The fourth-order valence-corrected chi connectivity index (χ4v) is 3.74. The summed E-state index contributed by atoms with van der Waals surface area (Å²) < 4.78 is 1.16. The van der Waals surface area contributed by atoms with Crippen LogP contribution in [0.1, 0.15) is 25.3 Å². The molecular weight excluding hydrogens is 330 g/mol. The quantitative estimate of drug-likeness (QED) is 0.904. The van der Waals surface area contributed by atoms with Gasteiger partial charge in [-0.3, -0.25) is 4.79 Å². The highest BCUT2D eigenvalue weighted by Gasteiger charge is 2.35. The van der Waals surface area contributed by atoms with E-state index in [4.69, 9.17) is 0 Å². The molecule has 0 spiro atoms. The highest BCUT2D eigenvalue weighted by atomic mass is 79.9. The van der Waals surface area contributed by atoms with Crippen molar-refractivity contribution in [3.05, 3.63) is 28.2 Å². The van der Waals surface area contributed by atoms with Gasteiger partial charge < -0.3 is 15.1 Å². The molecule has 3 rings (SSSR count). The Kier molecular flexibility index (Phi) is 4.50. The summed E-state index contributed by atoms with van der Waals surface area (Å²) in [5, 5.41) is 3.35. The van der Waals surface area contributed by atoms with Crippen molar-refractivity contribution in [2.45, 2.75) is 32.4 Å². The van der Waals surface area contributed by atoms with Gasteiger partial charge in [0.05, 0.1) is 0 Å². The van der Waals surface area contributed by atoms with E-state index in [1.807, 2.05) is 0 Å². The average Bonchev–Trinajstić information content (AvgIpc) is 2.87. The summed E-state index contributed by atoms with van der Waals surface area (Å²) in [4.78, 5) is 16.2. The maximum atomic E-state index is 11.7. The number of anilines is 1. The van der Waals surface area contributed by atoms with Crippen molar-refractivity contribution in [2.75, 3.05) is 31.1 Å². The molecule has 21 heavy (non-hydrogen) atoms. The summed E-state index contributed by atoms with van der Waals surface area (Å²) in [6.07, 6.45) is 1.73. The molecule has 2 saturated heterocycles. The first-order chi connectivity index (χ1) is 10.2. The van der Waals surface area contributed by atoms with Crippen LogP contribution in [0.4, 0.5) is 5.69 Å². The van der Waals surface area contributed by atoms with E-state index in [0.717, 1.165) is 50.0 Å². The van der Waals surface area contributed by atoms with Crippen molar-refractivity contribution in [3.8, 4) is 0 Å². The lowest BCUT2D eigenvalue weighted by molar-refractivity contribution is -0.129. The van der Waals surface area contributed by atoms with Gasteiger partial charge in [0.1, 0.15) is 0 Å². The third kappa shape index (κ3) is 3.09. The van der Waals surface area contributed by atoms with Gasteiger partial charge in [-0.25, -0.2) is 0 Å². The molecule has 2 aliphatic rings. The molecule has 5 heteroatoms. The van der Waals surface area contributed by atoms with Gasteiger partial charge in [-0.05, 0) is 30.7 Å². The molecule has 1 amide bonds. The number of hydrogen-bond donors (Lipinski definition) is 1. The number of hydrogen-bond acceptors (Lipinski definition) is 3. The third-order valence-corrected chi connectivity index (χ3v) is 5.20. The van der Waals surface area contributed by atoms with Crippen LogP contribution in [0.15, 0.2) is 22.7 Å². The maximum absolute atomic E-state index is 11.7. The largest absolute Gasteiger partial charge is 0.368 e. The summed E-state index contributed by atoms with van der Waals surface area (Å²) >= 11 is 3.68. The van der Waals surface area contributed by atoms with E-state index in [0.29, 0.717) is 11.9 Å². The van der Waals surface area contributed by atoms with E-state index in [2.05, 4.69) is 56.2 Å². The minimum absolute atomic E-state index is 0.335. The van der Waals surface area contributed by atoms with Crippen LogP contribution in [0, 0.1) is 0 Å². The zero-order valence-electron chi connectivity index (χ0n) is 12.4. The number of amides is 1. The number of carbonyl (C=O) groups excluding carboxylic acids is 1. The van der Waals surface area contributed by atoms with E-state index in [1.165, 1.54) is 11.3 Å². The number of rotatable bonds is 4. The molecule has 2 fully saturated rings. The molecule has 1 atom stereocenters. The molecule has 0 radical (unpaired) electrons. The SMILES string of the molecule is CCNCc1ccc(N2CCN3C(=O)CCC3C2)cc1Br. The minimum Gasteiger partial charge on any atom is -0.368 e. The summed E-state index contributed by atoms with van der Waals surface area (Å²) in [6, 6.07) is 7.00. The van der Waals surface area contributed by atoms with Crippen LogP contribution in [0.3, 0.4) is 0 Å². The van der Waals surface area contributed by atoms with E-state index >= 15 is 0 Å². The van der Waals surface area contributed by atoms with Crippen LogP contribution >= 0.6 is 15.9 Å². The molecule has 0 aromatic heterocycles. The van der Waals surface area contributed by atoms with E-state index in [9.17, 15) is 4.79 Å². The zero-order valence-corrected chi connectivity index (χ0v) is 14.0. The van der Waals surface area contributed by atoms with Gasteiger partial charge in [-0.15, -0.1) is 0 Å². The first kappa shape index (κ1) is 14.9. The molecule has 1 unspecified atom stereocenters. The predicted octanol–water partition coefficient (Wildman–Crippen LogP) is 2.37. The lowest BCUT2D eigenvalue weighted by Crippen LogP contribution is -2.51. The Morgan fingerprint density at radius 3 is 3.00 bits per heavy atom. The monoisotopic (exact) mass is 351 g/mol. The van der Waals surface area contributed by atoms with Crippen LogP contribution < -0.4 is 10.2 Å². The first-order valence-corrected chi connectivity index (χ1v) is 8.52. The average molecular weight is 352 g/mol. The Morgan fingerprint density at radius 2 is 2.24 bits per heavy atom. The van der Waals surface area contributed by atoms with Gasteiger partial charge in [0.15, 0.2) is 0 Å². The molecule has 1 aromatic rings. The molecule has 2 heterocycles. The second kappa shape index (κ2) is 6.36. The summed E-state index contributed by atoms with van der Waals surface area (Å²) in [5.74, 6) is 0.335. The van der Waals surface area contributed by atoms with Crippen molar-refractivity contribution >= 4 is 27.5 Å². The van der Waals surface area contributed by atoms with Gasteiger partial charge in [-0.1, -0.05) is 28.9 Å². The molecule has 1 aromatic carbocycles. The molecule has 0 aliphatic carbocycles. The highest BCUT2D eigenvalue weighted by molar-refractivity contribution is 9.10. The number of nitrogens with zero attached hydrogens (tertiary/aromatic N) is 2. The van der Waals surface area contributed by atoms with E-state index < -0.39 is 0 Å². The fourth-order valence-electron chi connectivity index (χ4n) is 3.23. The second-order valence-corrected chi connectivity index (χ2v) is 6.64. The lowest BCUT2D eigenvalue weighted by atomic mass is 10.1. The number of carbonyl (C=O) groups is 1. The maximum Gasteiger partial charge on any atom is 0.223 e. The molecule has 114 valence electrons. The molecule has 1 N–H and O–H groups in total. The predicted molar refractivity (Wildman–Crippen MR) is 88.5 cm³/mol. The molecule has 0 saturated carbocycles. The number of nitrogens with one attached hydrogen (secondary N) is 1. The van der Waals surface area contributed by atoms with E-state index in [-0.39, 0.29) is 0 Å². The summed E-state index contributed by atoms with van der Waals surface area (Å²) in [6.45, 7) is 6.74. The topological polar surface area (TPSA) is 35.6 Å². The lowest BCUT2D eigenvalue weighted by Gasteiger charge is -2.39. The Labute approximate surface area is 134 Å². The van der Waals surface area contributed by atoms with Gasteiger partial charge >= 0.3 is 0 Å². The van der Waals surface area contributed by atoms with Crippen LogP contribution in [0.2, 0.25) is 0 Å². The highest BCUT2D eigenvalue weighted by Crippen LogP contribution is 2.29. The fraction of sp³-hybridized carbons (Fsp3) is 0.562. The Hall–Kier alpha value is -1.07. The summed E-state index contributed by atoms with van der Waals surface area (Å²) in [5.41, 5.74) is 2.54. The minimum atomic E-state index is 0.335. The number of benzene rings is 1. The van der Waals surface area contributed by atoms with Crippen molar-refractivity contribution < 1.29 is 4.79 Å². The number of halogens is 1. The van der Waals surface area contributed by atoms with Crippen molar-refractivity contribution in [2.24, 2.45) is 0 Å². The molecule has 0 bridgehead atoms. The first-order valence-electron chi connectivity index (χ1n) is 7.72. The number of piperazine rings is 1. The smallest absolute Gasteiger partial charge is 0.223 e. The second-order valence-electron chi connectivity index (χ2n) is 5.78. The summed E-state index contributed by atoms with van der Waals surface area (Å²) in [7, 11) is 0. The van der Waals surface area contributed by atoms with Gasteiger partial charge in [0, 0.05) is 48.8 Å². The van der Waals surface area contributed by atoms with Crippen molar-refractivity contribution in [1.82, 2.24) is 10.2 Å². The van der Waals surface area contributed by atoms with Crippen LogP contribution in [-0.2, 0) is 11.3 Å². The number of fused-ring (bicyclic) bond motifs is 1. The van der Waals surface area contributed by atoms with Gasteiger partial charge in [-0.2, -0.15) is 0 Å². The van der Waals surface area contributed by atoms with Crippen LogP contribution in [-0.4, -0.2) is 43.0 Å². The molecule has 4 nitrogen and oxygen atoms in total.